The number of aryl methyl sites for hydroxylation is 2. The summed E-state index contributed by atoms with van der Waals surface area (Å²) in [4.78, 5) is 0. The first kappa shape index (κ1) is 13.5. The summed E-state index contributed by atoms with van der Waals surface area (Å²) in [6, 6.07) is 16.5. The molecule has 100 valence electrons. The third-order valence-electron chi connectivity index (χ3n) is 3.08. The van der Waals surface area contributed by atoms with Crippen molar-refractivity contribution in [2.45, 2.75) is 20.3 Å². The fourth-order valence-corrected chi connectivity index (χ4v) is 2.06. The van der Waals surface area contributed by atoms with E-state index in [-0.39, 0.29) is 0 Å². The van der Waals surface area contributed by atoms with Crippen LogP contribution in [0.15, 0.2) is 48.5 Å². The minimum Gasteiger partial charge on any atom is -0.493 e. The van der Waals surface area contributed by atoms with E-state index in [4.69, 9.17) is 4.74 Å². The van der Waals surface area contributed by atoms with E-state index in [9.17, 15) is 0 Å². The molecule has 0 heterocycles. The first-order valence-electron chi connectivity index (χ1n) is 6.75. The van der Waals surface area contributed by atoms with Gasteiger partial charge in [-0.25, -0.2) is 0 Å². The highest BCUT2D eigenvalue weighted by molar-refractivity contribution is 5.42. The monoisotopic (exact) mass is 255 g/mol. The molecular weight excluding hydrogens is 234 g/mol. The Labute approximate surface area is 115 Å². The smallest absolute Gasteiger partial charge is 0.125 e. The quantitative estimate of drug-likeness (QED) is 0.782. The second-order valence-electron chi connectivity index (χ2n) is 4.72. The summed E-state index contributed by atoms with van der Waals surface area (Å²) >= 11 is 0. The molecule has 0 spiro atoms. The molecule has 0 saturated heterocycles. The van der Waals surface area contributed by atoms with Crippen LogP contribution in [0.3, 0.4) is 0 Å². The average Bonchev–Trinajstić information content (AvgIpc) is 2.42. The van der Waals surface area contributed by atoms with Crippen molar-refractivity contribution in [3.63, 3.8) is 0 Å². The van der Waals surface area contributed by atoms with Crippen molar-refractivity contribution < 1.29 is 4.74 Å². The van der Waals surface area contributed by atoms with E-state index >= 15 is 0 Å². The molecule has 0 fully saturated rings. The molecule has 0 unspecified atom stereocenters. The Morgan fingerprint density at radius 3 is 2.26 bits per heavy atom. The Kier molecular flexibility index (Phi) is 4.85. The third-order valence-corrected chi connectivity index (χ3v) is 3.08. The van der Waals surface area contributed by atoms with Crippen molar-refractivity contribution in [3.05, 3.63) is 59.7 Å². The lowest BCUT2D eigenvalue weighted by Gasteiger charge is -2.12. The van der Waals surface area contributed by atoms with Crippen molar-refractivity contribution in [1.82, 2.24) is 0 Å². The molecule has 0 aliphatic heterocycles. The molecule has 0 aliphatic carbocycles. The zero-order chi connectivity index (χ0) is 13.5. The molecule has 19 heavy (non-hydrogen) atoms. The number of ether oxygens (including phenoxy) is 1. The van der Waals surface area contributed by atoms with E-state index in [0.29, 0.717) is 0 Å². The van der Waals surface area contributed by atoms with E-state index in [1.165, 1.54) is 11.1 Å². The van der Waals surface area contributed by atoms with E-state index in [1.54, 1.807) is 0 Å². The van der Waals surface area contributed by atoms with Crippen LogP contribution in [0, 0.1) is 13.8 Å². The first-order valence-corrected chi connectivity index (χ1v) is 6.75. The van der Waals surface area contributed by atoms with Crippen molar-refractivity contribution in [1.29, 1.82) is 0 Å². The summed E-state index contributed by atoms with van der Waals surface area (Å²) in [6.45, 7) is 5.84. The molecule has 0 radical (unpaired) electrons. The molecule has 0 bridgehead atoms. The highest BCUT2D eigenvalue weighted by Crippen LogP contribution is 2.22. The molecule has 0 aliphatic rings. The summed E-state index contributed by atoms with van der Waals surface area (Å²) in [6.07, 6.45) is 0.989. The van der Waals surface area contributed by atoms with Crippen molar-refractivity contribution in [3.8, 4) is 5.75 Å². The number of nitrogens with one attached hydrogen (secondary N) is 1. The minimum atomic E-state index is 0.742. The topological polar surface area (TPSA) is 21.3 Å². The maximum atomic E-state index is 5.87. The van der Waals surface area contributed by atoms with Gasteiger partial charge in [0.15, 0.2) is 0 Å². The normalized spacial score (nSPS) is 10.2. The van der Waals surface area contributed by atoms with Gasteiger partial charge in [0.05, 0.1) is 6.61 Å². The van der Waals surface area contributed by atoms with Crippen LogP contribution in [-0.4, -0.2) is 13.2 Å². The number of hydrogen-bond donors (Lipinski definition) is 1. The summed E-state index contributed by atoms with van der Waals surface area (Å²) < 4.78 is 5.87. The fourth-order valence-electron chi connectivity index (χ4n) is 2.06. The van der Waals surface area contributed by atoms with Gasteiger partial charge < -0.3 is 10.1 Å². The minimum absolute atomic E-state index is 0.742. The zero-order valence-electron chi connectivity index (χ0n) is 11.6. The largest absolute Gasteiger partial charge is 0.493 e. The Morgan fingerprint density at radius 1 is 0.895 bits per heavy atom. The second-order valence-corrected chi connectivity index (χ2v) is 4.72. The van der Waals surface area contributed by atoms with Crippen LogP contribution in [-0.2, 0) is 0 Å². The Hall–Kier alpha value is -1.96. The van der Waals surface area contributed by atoms with Crippen LogP contribution >= 0.6 is 0 Å². The molecule has 2 aromatic carbocycles. The molecule has 0 aromatic heterocycles. The Bertz CT molecular complexity index is 488. The molecule has 0 amide bonds. The van der Waals surface area contributed by atoms with Gasteiger partial charge in [0.25, 0.3) is 0 Å². The van der Waals surface area contributed by atoms with Gasteiger partial charge in [-0.3, -0.25) is 0 Å². The lowest BCUT2D eigenvalue weighted by atomic mass is 10.1. The van der Waals surface area contributed by atoms with E-state index in [2.05, 4.69) is 49.5 Å². The van der Waals surface area contributed by atoms with Gasteiger partial charge in [0.1, 0.15) is 5.75 Å². The van der Waals surface area contributed by atoms with Gasteiger partial charge in [-0.15, -0.1) is 0 Å². The summed E-state index contributed by atoms with van der Waals surface area (Å²) in [5.41, 5.74) is 3.57. The van der Waals surface area contributed by atoms with Gasteiger partial charge in [-0.1, -0.05) is 36.4 Å². The molecule has 0 atom stereocenters. The van der Waals surface area contributed by atoms with Crippen LogP contribution in [0.25, 0.3) is 0 Å². The molecule has 2 heteroatoms. The third kappa shape index (κ3) is 4.02. The fraction of sp³-hybridized carbons (Fsp3) is 0.294. The van der Waals surface area contributed by atoms with Crippen molar-refractivity contribution >= 4 is 5.69 Å². The maximum absolute atomic E-state index is 5.87. The number of rotatable bonds is 6. The van der Waals surface area contributed by atoms with Gasteiger partial charge in [-0.05, 0) is 43.5 Å². The standard InChI is InChI=1S/C17H21NO/c1-14-8-6-9-15(2)17(14)19-13-7-12-18-16-10-4-3-5-11-16/h3-6,8-11,18H,7,12-13H2,1-2H3. The molecule has 1 N–H and O–H groups in total. The predicted octanol–water partition coefficient (Wildman–Crippen LogP) is 4.18. The van der Waals surface area contributed by atoms with Crippen molar-refractivity contribution in [2.24, 2.45) is 0 Å². The van der Waals surface area contributed by atoms with E-state index < -0.39 is 0 Å². The van der Waals surface area contributed by atoms with Crippen LogP contribution < -0.4 is 10.1 Å². The first-order chi connectivity index (χ1) is 9.27. The lowest BCUT2D eigenvalue weighted by molar-refractivity contribution is 0.311. The van der Waals surface area contributed by atoms with Crippen LogP contribution in [0.4, 0.5) is 5.69 Å². The lowest BCUT2D eigenvalue weighted by Crippen LogP contribution is -2.08. The van der Waals surface area contributed by atoms with E-state index in [0.717, 1.165) is 31.0 Å². The summed E-state index contributed by atoms with van der Waals surface area (Å²) in [5.74, 6) is 1.03. The highest BCUT2D eigenvalue weighted by atomic mass is 16.5. The van der Waals surface area contributed by atoms with Gasteiger partial charge in [0, 0.05) is 12.2 Å². The molecule has 0 saturated carbocycles. The molecular formula is C17H21NO. The number of hydrogen-bond acceptors (Lipinski definition) is 2. The highest BCUT2D eigenvalue weighted by Gasteiger charge is 2.02. The zero-order valence-corrected chi connectivity index (χ0v) is 11.6. The number of benzene rings is 2. The van der Waals surface area contributed by atoms with E-state index in [1.807, 2.05) is 18.2 Å². The predicted molar refractivity (Wildman–Crippen MR) is 81.0 cm³/mol. The maximum Gasteiger partial charge on any atom is 0.125 e. The van der Waals surface area contributed by atoms with Gasteiger partial charge in [0.2, 0.25) is 0 Å². The van der Waals surface area contributed by atoms with Crippen LogP contribution in [0.2, 0.25) is 0 Å². The Balaban J connectivity index is 1.73. The van der Waals surface area contributed by atoms with Gasteiger partial charge in [-0.2, -0.15) is 0 Å². The second kappa shape index (κ2) is 6.83. The molecule has 2 rings (SSSR count). The summed E-state index contributed by atoms with van der Waals surface area (Å²) in [7, 11) is 0. The SMILES string of the molecule is Cc1cccc(C)c1OCCCNc1ccccc1. The van der Waals surface area contributed by atoms with Crippen LogP contribution in [0.1, 0.15) is 17.5 Å². The number of para-hydroxylation sites is 2. The Morgan fingerprint density at radius 2 is 1.58 bits per heavy atom. The molecule has 2 aromatic rings. The van der Waals surface area contributed by atoms with Gasteiger partial charge >= 0.3 is 0 Å². The van der Waals surface area contributed by atoms with Crippen molar-refractivity contribution in [2.75, 3.05) is 18.5 Å². The molecule has 2 nitrogen and oxygen atoms in total. The number of anilines is 1. The average molecular weight is 255 g/mol. The van der Waals surface area contributed by atoms with Crippen LogP contribution in [0.5, 0.6) is 5.75 Å². The summed E-state index contributed by atoms with van der Waals surface area (Å²) in [5, 5.41) is 3.38.